The van der Waals surface area contributed by atoms with E-state index in [2.05, 4.69) is 4.98 Å². The van der Waals surface area contributed by atoms with E-state index in [4.69, 9.17) is 4.84 Å². The maximum atomic E-state index is 4.84. The fraction of sp³-hybridized carbons (Fsp3) is 0.286. The molecule has 0 atom stereocenters. The third-order valence-electron chi connectivity index (χ3n) is 1.29. The molecule has 3 heteroatoms. The topological polar surface area (TPSA) is 38.7 Å². The van der Waals surface area contributed by atoms with Gasteiger partial charge in [0.15, 0.2) is 5.69 Å². The van der Waals surface area contributed by atoms with Crippen LogP contribution in [-0.4, -0.2) is 12.1 Å². The quantitative estimate of drug-likeness (QED) is 0.592. The Labute approximate surface area is 60.0 Å². The van der Waals surface area contributed by atoms with Crippen LogP contribution in [0.2, 0.25) is 0 Å². The molecular weight excluding hydrogens is 128 g/mol. The molecule has 0 saturated carbocycles. The summed E-state index contributed by atoms with van der Waals surface area (Å²) in [5, 5.41) is 0. The number of hydrogen-bond acceptors (Lipinski definition) is 2. The zero-order valence-corrected chi connectivity index (χ0v) is 6.16. The number of nitrogens with two attached hydrogens (primary N) is 1. The largest absolute Gasteiger partial charge is 0.255 e. The average molecular weight is 139 g/mol. The second kappa shape index (κ2) is 3.29. The first-order valence-corrected chi connectivity index (χ1v) is 3.12. The number of rotatable bonds is 2. The van der Waals surface area contributed by atoms with Crippen LogP contribution in [0.4, 0.5) is 5.69 Å². The first-order valence-electron chi connectivity index (χ1n) is 3.12. The van der Waals surface area contributed by atoms with E-state index in [0.717, 1.165) is 11.4 Å². The zero-order valence-electron chi connectivity index (χ0n) is 6.16. The number of hydrogen-bond donors (Lipinski definition) is 1. The summed E-state index contributed by atoms with van der Waals surface area (Å²) in [7, 11) is 1.63. The van der Waals surface area contributed by atoms with Crippen molar-refractivity contribution in [3.8, 4) is 0 Å². The van der Waals surface area contributed by atoms with E-state index in [9.17, 15) is 0 Å². The monoisotopic (exact) mass is 139 g/mol. The molecule has 0 aromatic carbocycles. The highest BCUT2D eigenvalue weighted by Crippen LogP contribution is 2.01. The Balaban J connectivity index is 2.81. The molecule has 0 radical (unpaired) electrons. The standard InChI is InChI=1S/C7H10N2O/c1-6-7(9-10-2)4-3-5-8-6/h3-5,9H,1-2H3/p+1. The molecule has 0 fully saturated rings. The maximum absolute atomic E-state index is 4.84. The Kier molecular flexibility index (Phi) is 2.36. The summed E-state index contributed by atoms with van der Waals surface area (Å²) in [5.41, 5.74) is 3.71. The highest BCUT2D eigenvalue weighted by Gasteiger charge is 1.99. The van der Waals surface area contributed by atoms with Crippen molar-refractivity contribution in [1.82, 2.24) is 4.98 Å². The van der Waals surface area contributed by atoms with Crippen LogP contribution in [0.15, 0.2) is 18.3 Å². The van der Waals surface area contributed by atoms with Crippen LogP contribution < -0.4 is 5.48 Å². The van der Waals surface area contributed by atoms with Gasteiger partial charge in [0.25, 0.3) is 0 Å². The average Bonchev–Trinajstić information content (AvgIpc) is 1.94. The lowest BCUT2D eigenvalue weighted by molar-refractivity contribution is -0.830. The minimum atomic E-state index is 0.990. The van der Waals surface area contributed by atoms with E-state index in [-0.39, 0.29) is 0 Å². The molecule has 0 bridgehead atoms. The highest BCUT2D eigenvalue weighted by molar-refractivity contribution is 5.30. The number of pyridine rings is 1. The van der Waals surface area contributed by atoms with Gasteiger partial charge in [0.1, 0.15) is 5.69 Å². The van der Waals surface area contributed by atoms with Gasteiger partial charge in [0, 0.05) is 12.3 Å². The molecule has 1 aromatic heterocycles. The minimum Gasteiger partial charge on any atom is -0.255 e. The van der Waals surface area contributed by atoms with Gasteiger partial charge in [-0.1, -0.05) is 0 Å². The molecule has 3 nitrogen and oxygen atoms in total. The predicted molar refractivity (Wildman–Crippen MR) is 37.6 cm³/mol. The molecule has 0 aliphatic rings. The first-order chi connectivity index (χ1) is 4.84. The normalized spacial score (nSPS) is 9.80. The second-order valence-corrected chi connectivity index (χ2v) is 2.03. The van der Waals surface area contributed by atoms with Crippen molar-refractivity contribution < 1.29 is 10.3 Å². The Hall–Kier alpha value is -0.930. The maximum Gasteiger partial charge on any atom is 0.183 e. The summed E-state index contributed by atoms with van der Waals surface area (Å²) >= 11 is 0. The summed E-state index contributed by atoms with van der Waals surface area (Å²) in [4.78, 5) is 8.93. The third-order valence-corrected chi connectivity index (χ3v) is 1.29. The molecule has 0 unspecified atom stereocenters. The molecular formula is C7H11N2O+. The molecule has 0 aliphatic carbocycles. The van der Waals surface area contributed by atoms with Crippen LogP contribution in [0, 0.1) is 6.92 Å². The molecule has 2 N–H and O–H groups in total. The summed E-state index contributed by atoms with van der Waals surface area (Å²) in [5.74, 6) is 0. The second-order valence-electron chi connectivity index (χ2n) is 2.03. The first kappa shape index (κ1) is 7.18. The molecule has 10 heavy (non-hydrogen) atoms. The summed E-state index contributed by atoms with van der Waals surface area (Å²) in [6.07, 6.45) is 1.77. The van der Waals surface area contributed by atoms with E-state index in [1.54, 1.807) is 18.8 Å². The Morgan fingerprint density at radius 2 is 2.40 bits per heavy atom. The lowest BCUT2D eigenvalue weighted by Gasteiger charge is -1.97. The fourth-order valence-electron chi connectivity index (χ4n) is 0.748. The Bertz CT molecular complexity index is 213. The van der Waals surface area contributed by atoms with Crippen molar-refractivity contribution in [2.24, 2.45) is 0 Å². The smallest absolute Gasteiger partial charge is 0.183 e. The van der Waals surface area contributed by atoms with Crippen molar-refractivity contribution in [2.45, 2.75) is 6.92 Å². The van der Waals surface area contributed by atoms with Gasteiger partial charge in [-0.2, -0.15) is 5.48 Å². The van der Waals surface area contributed by atoms with Crippen molar-refractivity contribution >= 4 is 5.69 Å². The van der Waals surface area contributed by atoms with Crippen molar-refractivity contribution in [3.63, 3.8) is 0 Å². The number of aromatic nitrogens is 1. The van der Waals surface area contributed by atoms with Gasteiger partial charge in [-0.05, 0) is 13.0 Å². The molecule has 1 rings (SSSR count). The van der Waals surface area contributed by atoms with Gasteiger partial charge in [-0.25, -0.2) is 4.84 Å². The number of aryl methyl sites for hydroxylation is 1. The van der Waals surface area contributed by atoms with E-state index in [1.165, 1.54) is 0 Å². The van der Waals surface area contributed by atoms with Crippen LogP contribution >= 0.6 is 0 Å². The Morgan fingerprint density at radius 1 is 1.60 bits per heavy atom. The summed E-state index contributed by atoms with van der Waals surface area (Å²) < 4.78 is 0. The van der Waals surface area contributed by atoms with Crippen LogP contribution in [0.5, 0.6) is 0 Å². The minimum absolute atomic E-state index is 0.990. The molecule has 0 aliphatic heterocycles. The fourth-order valence-corrected chi connectivity index (χ4v) is 0.748. The Morgan fingerprint density at radius 3 is 3.00 bits per heavy atom. The van der Waals surface area contributed by atoms with Crippen molar-refractivity contribution in [2.75, 3.05) is 7.11 Å². The predicted octanol–water partition coefficient (Wildman–Crippen LogP) is 0.146. The zero-order chi connectivity index (χ0) is 7.40. The lowest BCUT2D eigenvalue weighted by atomic mass is 10.3. The van der Waals surface area contributed by atoms with Crippen molar-refractivity contribution in [3.05, 3.63) is 24.0 Å². The van der Waals surface area contributed by atoms with Gasteiger partial charge < -0.3 is 0 Å². The number of nitrogens with zero attached hydrogens (tertiary/aromatic N) is 1. The molecule has 0 amide bonds. The number of quaternary nitrogens is 1. The van der Waals surface area contributed by atoms with E-state index < -0.39 is 0 Å². The van der Waals surface area contributed by atoms with Crippen molar-refractivity contribution in [1.29, 1.82) is 0 Å². The van der Waals surface area contributed by atoms with Gasteiger partial charge in [-0.3, -0.25) is 4.98 Å². The van der Waals surface area contributed by atoms with Crippen LogP contribution in [0.25, 0.3) is 0 Å². The summed E-state index contributed by atoms with van der Waals surface area (Å²) in [6.45, 7) is 1.95. The van der Waals surface area contributed by atoms with E-state index >= 15 is 0 Å². The summed E-state index contributed by atoms with van der Waals surface area (Å²) in [6, 6.07) is 3.85. The highest BCUT2D eigenvalue weighted by atomic mass is 16.6. The molecule has 54 valence electrons. The van der Waals surface area contributed by atoms with Crippen LogP contribution in [0.3, 0.4) is 0 Å². The van der Waals surface area contributed by atoms with E-state index in [0.29, 0.717) is 0 Å². The molecule has 1 heterocycles. The third kappa shape index (κ3) is 1.52. The van der Waals surface area contributed by atoms with Gasteiger partial charge >= 0.3 is 0 Å². The SMILES string of the molecule is CO[NH2+]c1cccnc1C. The van der Waals surface area contributed by atoms with Crippen LogP contribution in [-0.2, 0) is 4.84 Å². The van der Waals surface area contributed by atoms with Gasteiger partial charge in [-0.15, -0.1) is 0 Å². The molecule has 0 spiro atoms. The van der Waals surface area contributed by atoms with E-state index in [1.807, 2.05) is 19.1 Å². The van der Waals surface area contributed by atoms with Gasteiger partial charge in [0.05, 0.1) is 7.11 Å². The lowest BCUT2D eigenvalue weighted by Crippen LogP contribution is -2.76. The van der Waals surface area contributed by atoms with Gasteiger partial charge in [0.2, 0.25) is 0 Å². The van der Waals surface area contributed by atoms with Crippen LogP contribution in [0.1, 0.15) is 5.69 Å². The molecule has 0 saturated heterocycles. The molecule has 1 aromatic rings.